The first-order chi connectivity index (χ1) is 14.5. The molecule has 2 aromatic carbocycles. The molecule has 158 valence electrons. The lowest BCUT2D eigenvalue weighted by atomic mass is 10.1. The number of hydrogen-bond acceptors (Lipinski definition) is 5. The van der Waals surface area contributed by atoms with Crippen LogP contribution in [0.5, 0.6) is 0 Å². The molecular weight excluding hydrogens is 393 g/mol. The Morgan fingerprint density at radius 3 is 2.17 bits per heavy atom. The molecule has 0 N–H and O–H groups in total. The summed E-state index contributed by atoms with van der Waals surface area (Å²) in [5.41, 5.74) is 1.12. The van der Waals surface area contributed by atoms with Crippen molar-refractivity contribution in [1.29, 1.82) is 0 Å². The Morgan fingerprint density at radius 1 is 0.833 bits per heavy atom. The molecule has 0 spiro atoms. The van der Waals surface area contributed by atoms with E-state index >= 15 is 0 Å². The molecule has 0 saturated carbocycles. The van der Waals surface area contributed by atoms with Crippen molar-refractivity contribution in [1.82, 2.24) is 19.9 Å². The fourth-order valence-electron chi connectivity index (χ4n) is 3.62. The van der Waals surface area contributed by atoms with Gasteiger partial charge in [-0.15, -0.1) is 0 Å². The van der Waals surface area contributed by atoms with E-state index in [1.165, 1.54) is 17.7 Å². The van der Waals surface area contributed by atoms with Gasteiger partial charge in [0.15, 0.2) is 0 Å². The van der Waals surface area contributed by atoms with Crippen molar-refractivity contribution in [3.8, 4) is 11.4 Å². The van der Waals surface area contributed by atoms with Gasteiger partial charge in [-0.1, -0.05) is 47.6 Å². The van der Waals surface area contributed by atoms with Crippen molar-refractivity contribution >= 4 is 0 Å². The number of nitrogens with zero attached hydrogens (tertiary/aromatic N) is 4. The van der Waals surface area contributed by atoms with E-state index in [0.717, 1.165) is 51.3 Å². The molecule has 1 aliphatic rings. The van der Waals surface area contributed by atoms with Gasteiger partial charge in [0, 0.05) is 25.2 Å². The fraction of sp³-hybridized carbons (Fsp3) is 0.364. The summed E-state index contributed by atoms with van der Waals surface area (Å²) in [5, 5.41) is 3.93. The highest BCUT2D eigenvalue weighted by Gasteiger charge is 2.30. The first-order valence-corrected chi connectivity index (χ1v) is 9.96. The van der Waals surface area contributed by atoms with E-state index in [9.17, 15) is 13.2 Å². The Hall–Kier alpha value is -2.71. The number of benzene rings is 2. The number of aromatic nitrogens is 2. The molecule has 0 bridgehead atoms. The molecule has 1 aromatic heterocycles. The highest BCUT2D eigenvalue weighted by molar-refractivity contribution is 5.54. The van der Waals surface area contributed by atoms with Crippen LogP contribution in [-0.2, 0) is 19.3 Å². The number of halogens is 3. The van der Waals surface area contributed by atoms with Crippen LogP contribution in [-0.4, -0.2) is 46.1 Å². The lowest BCUT2D eigenvalue weighted by Gasteiger charge is -2.20. The van der Waals surface area contributed by atoms with Gasteiger partial charge < -0.3 is 4.52 Å². The highest BCUT2D eigenvalue weighted by Crippen LogP contribution is 2.30. The maximum atomic E-state index is 12.7. The van der Waals surface area contributed by atoms with Crippen LogP contribution in [0.2, 0.25) is 0 Å². The minimum absolute atomic E-state index is 0.305. The molecular formula is C22H23F3N4O. The lowest BCUT2D eigenvalue weighted by molar-refractivity contribution is -0.137. The van der Waals surface area contributed by atoms with Crippen LogP contribution in [0.15, 0.2) is 59.1 Å². The summed E-state index contributed by atoms with van der Waals surface area (Å²) in [7, 11) is 0. The van der Waals surface area contributed by atoms with Crippen molar-refractivity contribution < 1.29 is 17.7 Å². The van der Waals surface area contributed by atoms with Crippen LogP contribution in [0.1, 0.15) is 23.4 Å². The lowest BCUT2D eigenvalue weighted by Crippen LogP contribution is -2.30. The fourth-order valence-corrected chi connectivity index (χ4v) is 3.62. The van der Waals surface area contributed by atoms with Crippen molar-refractivity contribution in [2.24, 2.45) is 0 Å². The van der Waals surface area contributed by atoms with Gasteiger partial charge in [-0.05, 0) is 37.2 Å². The largest absolute Gasteiger partial charge is 0.416 e. The van der Waals surface area contributed by atoms with E-state index in [-0.39, 0.29) is 0 Å². The third-order valence-corrected chi connectivity index (χ3v) is 5.23. The summed E-state index contributed by atoms with van der Waals surface area (Å²) in [4.78, 5) is 9.08. The standard InChI is InChI=1S/C22H23F3N4O/c23-22(24,25)19-9-7-18(8-10-19)21-26-20(30-27-21)16-29-12-4-11-28(13-14-29)15-17-5-2-1-3-6-17/h1-3,5-10H,4,11-16H2. The maximum absolute atomic E-state index is 12.7. The molecule has 1 aliphatic heterocycles. The quantitative estimate of drug-likeness (QED) is 0.614. The minimum Gasteiger partial charge on any atom is -0.338 e. The van der Waals surface area contributed by atoms with Gasteiger partial charge >= 0.3 is 6.18 Å². The molecule has 1 fully saturated rings. The Morgan fingerprint density at radius 2 is 1.50 bits per heavy atom. The van der Waals surface area contributed by atoms with Gasteiger partial charge in [-0.2, -0.15) is 18.2 Å². The summed E-state index contributed by atoms with van der Waals surface area (Å²) < 4.78 is 43.5. The van der Waals surface area contributed by atoms with Gasteiger partial charge in [0.1, 0.15) is 0 Å². The monoisotopic (exact) mass is 416 g/mol. The average molecular weight is 416 g/mol. The van der Waals surface area contributed by atoms with Crippen LogP contribution in [0.25, 0.3) is 11.4 Å². The molecule has 30 heavy (non-hydrogen) atoms. The predicted molar refractivity (Wildman–Crippen MR) is 106 cm³/mol. The summed E-state index contributed by atoms with van der Waals surface area (Å²) in [6.07, 6.45) is -3.31. The summed E-state index contributed by atoms with van der Waals surface area (Å²) in [6, 6.07) is 15.2. The molecule has 0 atom stereocenters. The Labute approximate surface area is 173 Å². The second-order valence-corrected chi connectivity index (χ2v) is 7.48. The molecule has 3 aromatic rings. The first-order valence-electron chi connectivity index (χ1n) is 9.96. The SMILES string of the molecule is FC(F)(F)c1ccc(-c2noc(CN3CCCN(Cc4ccccc4)CC3)n2)cc1. The van der Waals surface area contributed by atoms with Crippen LogP contribution >= 0.6 is 0 Å². The normalized spacial score (nSPS) is 16.5. The van der Waals surface area contributed by atoms with Crippen molar-refractivity contribution in [2.75, 3.05) is 26.2 Å². The molecule has 1 saturated heterocycles. The van der Waals surface area contributed by atoms with Crippen molar-refractivity contribution in [2.45, 2.75) is 25.7 Å². The molecule has 2 heterocycles. The zero-order valence-electron chi connectivity index (χ0n) is 16.5. The minimum atomic E-state index is -4.36. The van der Waals surface area contributed by atoms with Crippen LogP contribution in [0, 0.1) is 0 Å². The second-order valence-electron chi connectivity index (χ2n) is 7.48. The maximum Gasteiger partial charge on any atom is 0.416 e. The summed E-state index contributed by atoms with van der Waals surface area (Å²) in [5.74, 6) is 0.778. The third kappa shape index (κ3) is 5.25. The van der Waals surface area contributed by atoms with Gasteiger partial charge in [0.05, 0.1) is 12.1 Å². The van der Waals surface area contributed by atoms with E-state index in [4.69, 9.17) is 4.52 Å². The smallest absolute Gasteiger partial charge is 0.338 e. The van der Waals surface area contributed by atoms with Gasteiger partial charge in [-0.3, -0.25) is 9.80 Å². The van der Waals surface area contributed by atoms with E-state index in [1.807, 2.05) is 6.07 Å². The van der Waals surface area contributed by atoms with E-state index in [1.54, 1.807) is 0 Å². The Balaban J connectivity index is 1.33. The highest BCUT2D eigenvalue weighted by atomic mass is 19.4. The van der Waals surface area contributed by atoms with Crippen LogP contribution in [0.4, 0.5) is 13.2 Å². The number of hydrogen-bond donors (Lipinski definition) is 0. The second kappa shape index (κ2) is 8.97. The van der Waals surface area contributed by atoms with E-state index in [2.05, 4.69) is 44.2 Å². The van der Waals surface area contributed by atoms with Crippen molar-refractivity contribution in [3.63, 3.8) is 0 Å². The molecule has 0 radical (unpaired) electrons. The van der Waals surface area contributed by atoms with Gasteiger partial charge in [0.25, 0.3) is 0 Å². The number of alkyl halides is 3. The molecule has 0 aliphatic carbocycles. The van der Waals surface area contributed by atoms with Crippen LogP contribution < -0.4 is 0 Å². The molecule has 0 unspecified atom stereocenters. The zero-order chi connectivity index (χ0) is 21.0. The predicted octanol–water partition coefficient (Wildman–Crippen LogP) is 4.46. The Kier molecular flexibility index (Phi) is 6.15. The zero-order valence-corrected chi connectivity index (χ0v) is 16.5. The topological polar surface area (TPSA) is 45.4 Å². The summed E-state index contributed by atoms with van der Waals surface area (Å²) in [6.45, 7) is 5.29. The molecule has 8 heteroatoms. The van der Waals surface area contributed by atoms with Crippen LogP contribution in [0.3, 0.4) is 0 Å². The number of rotatable bonds is 5. The van der Waals surface area contributed by atoms with Gasteiger partial charge in [0.2, 0.25) is 11.7 Å². The molecule has 4 rings (SSSR count). The van der Waals surface area contributed by atoms with Gasteiger partial charge in [-0.25, -0.2) is 0 Å². The van der Waals surface area contributed by atoms with E-state index < -0.39 is 11.7 Å². The average Bonchev–Trinajstić information content (AvgIpc) is 3.09. The Bertz CT molecular complexity index is 941. The molecule has 5 nitrogen and oxygen atoms in total. The summed E-state index contributed by atoms with van der Waals surface area (Å²) >= 11 is 0. The first kappa shape index (κ1) is 20.6. The third-order valence-electron chi connectivity index (χ3n) is 5.23. The van der Waals surface area contributed by atoms with E-state index in [0.29, 0.717) is 23.8 Å². The van der Waals surface area contributed by atoms with Crippen molar-refractivity contribution in [3.05, 3.63) is 71.6 Å². The molecule has 0 amide bonds.